The van der Waals surface area contributed by atoms with Crippen LogP contribution in [0.15, 0.2) is 18.2 Å². The Morgan fingerprint density at radius 2 is 2.32 bits per heavy atom. The number of ether oxygens (including phenoxy) is 1. The van der Waals surface area contributed by atoms with Crippen LogP contribution in [0.4, 0.5) is 0 Å². The highest BCUT2D eigenvalue weighted by atomic mass is 35.5. The molecule has 0 bridgehead atoms. The number of hydrogen-bond donors (Lipinski definition) is 1. The smallest absolute Gasteiger partial charge is 0.123 e. The van der Waals surface area contributed by atoms with Gasteiger partial charge in [0, 0.05) is 43.2 Å². The Labute approximate surface area is 119 Å². The minimum absolute atomic E-state index is 0.202. The Balaban J connectivity index is 1.67. The maximum Gasteiger partial charge on any atom is 0.123 e. The van der Waals surface area contributed by atoms with E-state index in [1.54, 1.807) is 0 Å². The Morgan fingerprint density at radius 3 is 3.11 bits per heavy atom. The quantitative estimate of drug-likeness (QED) is 0.900. The maximum atomic E-state index is 6.04. The Bertz CT molecular complexity index is 475. The lowest BCUT2D eigenvalue weighted by Crippen LogP contribution is -2.59. The summed E-state index contributed by atoms with van der Waals surface area (Å²) in [5.41, 5.74) is 1.44. The van der Waals surface area contributed by atoms with Crippen LogP contribution in [-0.2, 0) is 6.42 Å². The average Bonchev–Trinajstić information content (AvgIpc) is 2.73. The van der Waals surface area contributed by atoms with Gasteiger partial charge in [0.05, 0.1) is 0 Å². The molecular formula is C15H21ClN2O. The molecule has 2 aliphatic rings. The SMILES string of the molecule is CC1(C)CNCCN1CC1Cc2cc(Cl)ccc2O1. The average molecular weight is 281 g/mol. The summed E-state index contributed by atoms with van der Waals surface area (Å²) in [4.78, 5) is 2.53. The normalized spacial score (nSPS) is 25.9. The molecule has 1 saturated heterocycles. The van der Waals surface area contributed by atoms with Crippen molar-refractivity contribution in [3.8, 4) is 5.75 Å². The molecule has 1 atom stereocenters. The molecule has 0 saturated carbocycles. The molecule has 1 unspecified atom stereocenters. The minimum atomic E-state index is 0.202. The molecule has 2 heterocycles. The van der Waals surface area contributed by atoms with Gasteiger partial charge in [-0.3, -0.25) is 4.90 Å². The van der Waals surface area contributed by atoms with E-state index in [1.807, 2.05) is 18.2 Å². The number of piperazine rings is 1. The van der Waals surface area contributed by atoms with Crippen molar-refractivity contribution in [2.75, 3.05) is 26.2 Å². The lowest BCUT2D eigenvalue weighted by Gasteiger charge is -2.43. The second kappa shape index (κ2) is 4.97. The first-order valence-corrected chi connectivity index (χ1v) is 7.33. The van der Waals surface area contributed by atoms with Crippen molar-refractivity contribution in [3.05, 3.63) is 28.8 Å². The summed E-state index contributed by atoms with van der Waals surface area (Å²) < 4.78 is 6.04. The highest BCUT2D eigenvalue weighted by Gasteiger charge is 2.33. The summed E-state index contributed by atoms with van der Waals surface area (Å²) in [6.45, 7) is 8.76. The number of rotatable bonds is 2. The van der Waals surface area contributed by atoms with Crippen LogP contribution in [0.25, 0.3) is 0 Å². The molecule has 0 amide bonds. The number of fused-ring (bicyclic) bond motifs is 1. The summed E-state index contributed by atoms with van der Waals surface area (Å²) in [6, 6.07) is 5.91. The van der Waals surface area contributed by atoms with Gasteiger partial charge >= 0.3 is 0 Å². The maximum absolute atomic E-state index is 6.04. The summed E-state index contributed by atoms with van der Waals surface area (Å²) in [5, 5.41) is 4.25. The number of halogens is 1. The fourth-order valence-electron chi connectivity index (χ4n) is 3.00. The zero-order valence-corrected chi connectivity index (χ0v) is 12.3. The Morgan fingerprint density at radius 1 is 1.47 bits per heavy atom. The molecule has 3 nitrogen and oxygen atoms in total. The monoisotopic (exact) mass is 280 g/mol. The van der Waals surface area contributed by atoms with E-state index < -0.39 is 0 Å². The molecule has 1 aromatic carbocycles. The van der Waals surface area contributed by atoms with Crippen LogP contribution in [0.2, 0.25) is 5.02 Å². The van der Waals surface area contributed by atoms with Crippen LogP contribution < -0.4 is 10.1 Å². The van der Waals surface area contributed by atoms with Crippen LogP contribution in [0, 0.1) is 0 Å². The van der Waals surface area contributed by atoms with Gasteiger partial charge in [-0.15, -0.1) is 0 Å². The Hall–Kier alpha value is -0.770. The molecule has 0 radical (unpaired) electrons. The van der Waals surface area contributed by atoms with E-state index in [4.69, 9.17) is 16.3 Å². The molecule has 0 aliphatic carbocycles. The zero-order chi connectivity index (χ0) is 13.5. The van der Waals surface area contributed by atoms with Gasteiger partial charge in [-0.2, -0.15) is 0 Å². The zero-order valence-electron chi connectivity index (χ0n) is 11.6. The summed E-state index contributed by atoms with van der Waals surface area (Å²) >= 11 is 6.03. The molecule has 2 aliphatic heterocycles. The van der Waals surface area contributed by atoms with Crippen molar-refractivity contribution >= 4 is 11.6 Å². The topological polar surface area (TPSA) is 24.5 Å². The van der Waals surface area contributed by atoms with Gasteiger partial charge in [0.15, 0.2) is 0 Å². The van der Waals surface area contributed by atoms with E-state index in [1.165, 1.54) is 5.56 Å². The second-order valence-electron chi connectivity index (χ2n) is 6.13. The highest BCUT2D eigenvalue weighted by molar-refractivity contribution is 6.30. The highest BCUT2D eigenvalue weighted by Crippen LogP contribution is 2.32. The first kappa shape index (κ1) is 13.2. The third-order valence-corrected chi connectivity index (χ3v) is 4.40. The van der Waals surface area contributed by atoms with E-state index in [-0.39, 0.29) is 11.6 Å². The first-order valence-electron chi connectivity index (χ1n) is 6.95. The molecule has 1 aromatic rings. The number of benzene rings is 1. The third-order valence-electron chi connectivity index (χ3n) is 4.16. The van der Waals surface area contributed by atoms with Gasteiger partial charge in [-0.05, 0) is 37.6 Å². The van der Waals surface area contributed by atoms with Gasteiger partial charge in [0.2, 0.25) is 0 Å². The van der Waals surface area contributed by atoms with Crippen LogP contribution >= 0.6 is 11.6 Å². The largest absolute Gasteiger partial charge is 0.488 e. The molecule has 0 aromatic heterocycles. The van der Waals surface area contributed by atoms with Crippen LogP contribution in [-0.4, -0.2) is 42.7 Å². The van der Waals surface area contributed by atoms with Crippen LogP contribution in [0.5, 0.6) is 5.75 Å². The molecule has 3 rings (SSSR count). The van der Waals surface area contributed by atoms with Gasteiger partial charge in [0.25, 0.3) is 0 Å². The summed E-state index contributed by atoms with van der Waals surface area (Å²) in [5.74, 6) is 1.00. The third kappa shape index (κ3) is 2.73. The molecule has 104 valence electrons. The van der Waals surface area contributed by atoms with E-state index in [2.05, 4.69) is 24.1 Å². The van der Waals surface area contributed by atoms with Crippen molar-refractivity contribution < 1.29 is 4.74 Å². The number of nitrogens with zero attached hydrogens (tertiary/aromatic N) is 1. The van der Waals surface area contributed by atoms with Crippen molar-refractivity contribution in [1.82, 2.24) is 10.2 Å². The van der Waals surface area contributed by atoms with Crippen LogP contribution in [0.1, 0.15) is 19.4 Å². The standard InChI is InChI=1S/C15H21ClN2O/c1-15(2)10-17-5-6-18(15)9-13-8-11-7-12(16)3-4-14(11)19-13/h3-4,7,13,17H,5-6,8-10H2,1-2H3. The van der Waals surface area contributed by atoms with Gasteiger partial charge in [-0.1, -0.05) is 11.6 Å². The number of hydrogen-bond acceptors (Lipinski definition) is 3. The summed E-state index contributed by atoms with van der Waals surface area (Å²) in [7, 11) is 0. The molecule has 4 heteroatoms. The fraction of sp³-hybridized carbons (Fsp3) is 0.600. The van der Waals surface area contributed by atoms with E-state index >= 15 is 0 Å². The van der Waals surface area contributed by atoms with Crippen molar-refractivity contribution in [2.24, 2.45) is 0 Å². The van der Waals surface area contributed by atoms with Crippen molar-refractivity contribution in [2.45, 2.75) is 31.9 Å². The van der Waals surface area contributed by atoms with Crippen molar-refractivity contribution in [3.63, 3.8) is 0 Å². The molecule has 1 N–H and O–H groups in total. The molecule has 1 fully saturated rings. The fourth-order valence-corrected chi connectivity index (χ4v) is 3.19. The first-order chi connectivity index (χ1) is 9.04. The Kier molecular flexibility index (Phi) is 3.46. The second-order valence-corrected chi connectivity index (χ2v) is 6.57. The van der Waals surface area contributed by atoms with Crippen LogP contribution in [0.3, 0.4) is 0 Å². The lowest BCUT2D eigenvalue weighted by molar-refractivity contribution is 0.0507. The van der Waals surface area contributed by atoms with E-state index in [0.29, 0.717) is 0 Å². The van der Waals surface area contributed by atoms with Gasteiger partial charge < -0.3 is 10.1 Å². The minimum Gasteiger partial charge on any atom is -0.488 e. The van der Waals surface area contributed by atoms with Crippen molar-refractivity contribution in [1.29, 1.82) is 0 Å². The predicted molar refractivity (Wildman–Crippen MR) is 78.1 cm³/mol. The van der Waals surface area contributed by atoms with Gasteiger partial charge in [-0.25, -0.2) is 0 Å². The van der Waals surface area contributed by atoms with E-state index in [0.717, 1.165) is 43.4 Å². The van der Waals surface area contributed by atoms with Gasteiger partial charge in [0.1, 0.15) is 11.9 Å². The van der Waals surface area contributed by atoms with E-state index in [9.17, 15) is 0 Å². The lowest BCUT2D eigenvalue weighted by atomic mass is 9.99. The summed E-state index contributed by atoms with van der Waals surface area (Å²) in [6.07, 6.45) is 1.22. The molecule has 0 spiro atoms. The molecule has 19 heavy (non-hydrogen) atoms. The molecular weight excluding hydrogens is 260 g/mol. The number of nitrogens with one attached hydrogen (secondary N) is 1. The predicted octanol–water partition coefficient (Wildman–Crippen LogP) is 2.33.